The Labute approximate surface area is 99.7 Å². The Hall–Kier alpha value is -2.09. The summed E-state index contributed by atoms with van der Waals surface area (Å²) < 4.78 is 13.3. The van der Waals surface area contributed by atoms with E-state index in [-0.39, 0.29) is 18.0 Å². The smallest absolute Gasteiger partial charge is 0.239 e. The fourth-order valence-corrected chi connectivity index (χ4v) is 1.46. The van der Waals surface area contributed by atoms with Crippen molar-refractivity contribution in [1.29, 1.82) is 5.26 Å². The molecule has 5 heteroatoms. The van der Waals surface area contributed by atoms with Crippen LogP contribution in [0.1, 0.15) is 12.5 Å². The Kier molecular flexibility index (Phi) is 4.46. The van der Waals surface area contributed by atoms with E-state index in [9.17, 15) is 9.18 Å². The Balaban J connectivity index is 2.99. The van der Waals surface area contributed by atoms with Gasteiger partial charge in [-0.1, -0.05) is 0 Å². The molecule has 0 spiro atoms. The molecule has 0 radical (unpaired) electrons. The number of amides is 1. The average Bonchev–Trinajstić information content (AvgIpc) is 2.34. The number of hydrogen-bond donors (Lipinski definition) is 1. The molecule has 0 saturated carbocycles. The highest BCUT2D eigenvalue weighted by Crippen LogP contribution is 2.18. The third-order valence-electron chi connectivity index (χ3n) is 2.37. The number of hydrogen-bond acceptors (Lipinski definition) is 3. The lowest BCUT2D eigenvalue weighted by molar-refractivity contribution is -0.119. The minimum Gasteiger partial charge on any atom is -0.362 e. The van der Waals surface area contributed by atoms with E-state index in [1.165, 1.54) is 6.07 Å². The first-order valence-corrected chi connectivity index (χ1v) is 5.27. The van der Waals surface area contributed by atoms with Crippen LogP contribution in [-0.2, 0) is 4.79 Å². The van der Waals surface area contributed by atoms with Crippen LogP contribution in [0.5, 0.6) is 0 Å². The number of likely N-dealkylation sites (N-methyl/N-ethyl adjacent to an activating group) is 2. The van der Waals surface area contributed by atoms with Crippen molar-refractivity contribution in [2.24, 2.45) is 0 Å². The maximum atomic E-state index is 13.3. The summed E-state index contributed by atoms with van der Waals surface area (Å²) in [6.45, 7) is 2.56. The number of anilines is 1. The molecule has 1 aromatic carbocycles. The van der Waals surface area contributed by atoms with E-state index in [1.54, 1.807) is 18.0 Å². The lowest BCUT2D eigenvalue weighted by atomic mass is 10.2. The molecule has 0 atom stereocenters. The van der Waals surface area contributed by atoms with Crippen LogP contribution in [0.25, 0.3) is 0 Å². The van der Waals surface area contributed by atoms with E-state index in [4.69, 9.17) is 5.26 Å². The quantitative estimate of drug-likeness (QED) is 0.855. The van der Waals surface area contributed by atoms with Gasteiger partial charge in [0.1, 0.15) is 5.82 Å². The highest BCUT2D eigenvalue weighted by atomic mass is 19.1. The Morgan fingerprint density at radius 1 is 1.53 bits per heavy atom. The molecule has 90 valence electrons. The van der Waals surface area contributed by atoms with Crippen molar-refractivity contribution in [1.82, 2.24) is 5.32 Å². The predicted molar refractivity (Wildman–Crippen MR) is 63.1 cm³/mol. The van der Waals surface area contributed by atoms with Crippen LogP contribution in [0, 0.1) is 17.1 Å². The van der Waals surface area contributed by atoms with Crippen molar-refractivity contribution in [3.8, 4) is 6.07 Å². The zero-order chi connectivity index (χ0) is 12.8. The summed E-state index contributed by atoms with van der Waals surface area (Å²) in [5, 5.41) is 11.3. The van der Waals surface area contributed by atoms with Crippen molar-refractivity contribution in [2.45, 2.75) is 6.92 Å². The van der Waals surface area contributed by atoms with Gasteiger partial charge >= 0.3 is 0 Å². The molecule has 0 bridgehead atoms. The van der Waals surface area contributed by atoms with Crippen molar-refractivity contribution in [3.05, 3.63) is 29.6 Å². The number of nitrogens with one attached hydrogen (secondary N) is 1. The molecule has 17 heavy (non-hydrogen) atoms. The Morgan fingerprint density at radius 3 is 2.76 bits per heavy atom. The van der Waals surface area contributed by atoms with Gasteiger partial charge in [0.2, 0.25) is 5.91 Å². The minimum atomic E-state index is -0.477. The third-order valence-corrected chi connectivity index (χ3v) is 2.37. The molecule has 0 unspecified atom stereocenters. The van der Waals surface area contributed by atoms with Gasteiger partial charge in [-0.15, -0.1) is 0 Å². The van der Waals surface area contributed by atoms with Crippen molar-refractivity contribution < 1.29 is 9.18 Å². The van der Waals surface area contributed by atoms with E-state index in [0.29, 0.717) is 12.2 Å². The molecule has 0 saturated heterocycles. The molecule has 1 aromatic rings. The number of nitrogens with zero attached hydrogens (tertiary/aromatic N) is 2. The summed E-state index contributed by atoms with van der Waals surface area (Å²) in [6.07, 6.45) is 0. The van der Waals surface area contributed by atoms with E-state index >= 15 is 0 Å². The standard InChI is InChI=1S/C12H14FN3O/c1-3-16(8-12(17)15-2)11-5-9(7-14)4-10(13)6-11/h4-6H,3,8H2,1-2H3,(H,15,17). The van der Waals surface area contributed by atoms with Crippen LogP contribution in [-0.4, -0.2) is 26.0 Å². The van der Waals surface area contributed by atoms with Crippen LogP contribution in [0.2, 0.25) is 0 Å². The average molecular weight is 235 g/mol. The van der Waals surface area contributed by atoms with Gasteiger partial charge in [-0.05, 0) is 25.1 Å². The first-order chi connectivity index (χ1) is 8.10. The zero-order valence-electron chi connectivity index (χ0n) is 9.83. The molecule has 1 amide bonds. The molecular formula is C12H14FN3O. The van der Waals surface area contributed by atoms with Gasteiger partial charge in [-0.2, -0.15) is 5.26 Å². The molecule has 0 heterocycles. The molecule has 0 aliphatic carbocycles. The van der Waals surface area contributed by atoms with Gasteiger partial charge in [-0.25, -0.2) is 4.39 Å². The number of nitriles is 1. The molecule has 4 nitrogen and oxygen atoms in total. The van der Waals surface area contributed by atoms with Crippen LogP contribution in [0.15, 0.2) is 18.2 Å². The zero-order valence-corrected chi connectivity index (χ0v) is 9.83. The molecule has 0 aromatic heterocycles. The fraction of sp³-hybridized carbons (Fsp3) is 0.333. The van der Waals surface area contributed by atoms with Crippen LogP contribution in [0.3, 0.4) is 0 Å². The second-order valence-electron chi connectivity index (χ2n) is 3.50. The molecule has 1 N–H and O–H groups in total. The molecular weight excluding hydrogens is 221 g/mol. The van der Waals surface area contributed by atoms with Gasteiger partial charge in [0.15, 0.2) is 0 Å². The van der Waals surface area contributed by atoms with Gasteiger partial charge in [0.25, 0.3) is 0 Å². The Bertz CT molecular complexity index is 454. The monoisotopic (exact) mass is 235 g/mol. The number of rotatable bonds is 4. The third kappa shape index (κ3) is 3.45. The summed E-state index contributed by atoms with van der Waals surface area (Å²) in [5.74, 6) is -0.635. The van der Waals surface area contributed by atoms with Gasteiger partial charge in [-0.3, -0.25) is 4.79 Å². The second-order valence-corrected chi connectivity index (χ2v) is 3.50. The van der Waals surface area contributed by atoms with Crippen molar-refractivity contribution >= 4 is 11.6 Å². The normalized spacial score (nSPS) is 9.53. The second kappa shape index (κ2) is 5.85. The van der Waals surface area contributed by atoms with E-state index in [1.807, 2.05) is 13.0 Å². The number of carbonyl (C=O) groups excluding carboxylic acids is 1. The highest BCUT2D eigenvalue weighted by Gasteiger charge is 2.10. The van der Waals surface area contributed by atoms with Gasteiger partial charge in [0.05, 0.1) is 18.2 Å². The number of halogens is 1. The molecule has 1 rings (SSSR count). The lowest BCUT2D eigenvalue weighted by Gasteiger charge is -2.22. The SMILES string of the molecule is CCN(CC(=O)NC)c1cc(F)cc(C#N)c1. The highest BCUT2D eigenvalue weighted by molar-refractivity contribution is 5.81. The minimum absolute atomic E-state index is 0.140. The summed E-state index contributed by atoms with van der Waals surface area (Å²) in [6, 6.07) is 5.93. The number of carbonyl (C=O) groups is 1. The largest absolute Gasteiger partial charge is 0.362 e. The van der Waals surface area contributed by atoms with Crippen molar-refractivity contribution in [3.63, 3.8) is 0 Å². The Morgan fingerprint density at radius 2 is 2.24 bits per heavy atom. The van der Waals surface area contributed by atoms with Gasteiger partial charge < -0.3 is 10.2 Å². The van der Waals surface area contributed by atoms with Crippen LogP contribution < -0.4 is 10.2 Å². The molecule has 0 aliphatic rings. The summed E-state index contributed by atoms with van der Waals surface area (Å²) in [4.78, 5) is 13.0. The summed E-state index contributed by atoms with van der Waals surface area (Å²) in [5.41, 5.74) is 0.781. The maximum absolute atomic E-state index is 13.3. The number of benzene rings is 1. The van der Waals surface area contributed by atoms with E-state index in [2.05, 4.69) is 5.32 Å². The lowest BCUT2D eigenvalue weighted by Crippen LogP contribution is -2.35. The summed E-state index contributed by atoms with van der Waals surface area (Å²) >= 11 is 0. The van der Waals surface area contributed by atoms with Crippen molar-refractivity contribution in [2.75, 3.05) is 25.0 Å². The van der Waals surface area contributed by atoms with Crippen LogP contribution >= 0.6 is 0 Å². The first kappa shape index (κ1) is 13.0. The predicted octanol–water partition coefficient (Wildman–Crippen LogP) is 1.27. The van der Waals surface area contributed by atoms with E-state index in [0.717, 1.165) is 6.07 Å². The molecule has 0 aliphatic heterocycles. The first-order valence-electron chi connectivity index (χ1n) is 5.27. The van der Waals surface area contributed by atoms with E-state index < -0.39 is 5.82 Å². The van der Waals surface area contributed by atoms with Crippen LogP contribution in [0.4, 0.5) is 10.1 Å². The fourth-order valence-electron chi connectivity index (χ4n) is 1.46. The van der Waals surface area contributed by atoms with Gasteiger partial charge in [0, 0.05) is 19.3 Å². The topological polar surface area (TPSA) is 56.1 Å². The molecule has 0 fully saturated rings. The summed E-state index contributed by atoms with van der Waals surface area (Å²) in [7, 11) is 1.54. The maximum Gasteiger partial charge on any atom is 0.239 e.